The number of fused-ring (bicyclic) bond motifs is 1. The fourth-order valence-corrected chi connectivity index (χ4v) is 3.78. The minimum absolute atomic E-state index is 0.321. The second kappa shape index (κ2) is 7.07. The van der Waals surface area contributed by atoms with Crippen LogP contribution in [0.5, 0.6) is 11.5 Å². The van der Waals surface area contributed by atoms with Gasteiger partial charge in [0.15, 0.2) is 5.75 Å². The smallest absolute Gasteiger partial charge is 0.160 e. The lowest BCUT2D eigenvalue weighted by atomic mass is 10.2. The molecular formula is C17H12Br2ClNO2. The zero-order chi connectivity index (χ0) is 16.4. The summed E-state index contributed by atoms with van der Waals surface area (Å²) in [7, 11) is 1.62. The highest BCUT2D eigenvalue weighted by Gasteiger charge is 2.13. The molecule has 0 aliphatic heterocycles. The molecule has 6 heteroatoms. The summed E-state index contributed by atoms with van der Waals surface area (Å²) in [6.07, 6.45) is 1.74. The van der Waals surface area contributed by atoms with Crippen LogP contribution in [0.2, 0.25) is 5.02 Å². The average Bonchev–Trinajstić information content (AvgIpc) is 2.56. The van der Waals surface area contributed by atoms with Crippen LogP contribution >= 0.6 is 43.5 Å². The van der Waals surface area contributed by atoms with Crippen molar-refractivity contribution in [3.05, 3.63) is 62.1 Å². The van der Waals surface area contributed by atoms with E-state index in [4.69, 9.17) is 21.1 Å². The van der Waals surface area contributed by atoms with Crippen molar-refractivity contribution < 1.29 is 9.47 Å². The molecule has 0 saturated heterocycles. The van der Waals surface area contributed by atoms with Crippen LogP contribution in [0.4, 0.5) is 0 Å². The Labute approximate surface area is 155 Å². The van der Waals surface area contributed by atoms with Gasteiger partial charge in [-0.15, -0.1) is 0 Å². The van der Waals surface area contributed by atoms with Gasteiger partial charge >= 0.3 is 0 Å². The second-order valence-electron chi connectivity index (χ2n) is 4.81. The highest BCUT2D eigenvalue weighted by molar-refractivity contribution is 9.11. The summed E-state index contributed by atoms with van der Waals surface area (Å²) in [4.78, 5) is 4.43. The number of hydrogen-bond donors (Lipinski definition) is 0. The van der Waals surface area contributed by atoms with Crippen molar-refractivity contribution in [3.63, 3.8) is 0 Å². The Morgan fingerprint density at radius 1 is 1.13 bits per heavy atom. The largest absolute Gasteiger partial charge is 0.497 e. The van der Waals surface area contributed by atoms with E-state index in [0.29, 0.717) is 17.4 Å². The molecule has 0 amide bonds. The van der Waals surface area contributed by atoms with Crippen molar-refractivity contribution in [1.82, 2.24) is 4.98 Å². The first-order valence-electron chi connectivity index (χ1n) is 6.78. The van der Waals surface area contributed by atoms with Gasteiger partial charge in [-0.1, -0.05) is 33.6 Å². The first kappa shape index (κ1) is 16.6. The van der Waals surface area contributed by atoms with Crippen LogP contribution in [-0.4, -0.2) is 12.1 Å². The van der Waals surface area contributed by atoms with Gasteiger partial charge in [0.05, 0.1) is 11.6 Å². The zero-order valence-electron chi connectivity index (χ0n) is 12.1. The van der Waals surface area contributed by atoms with E-state index in [-0.39, 0.29) is 0 Å². The molecule has 3 rings (SSSR count). The van der Waals surface area contributed by atoms with Crippen molar-refractivity contribution in [3.8, 4) is 11.5 Å². The highest BCUT2D eigenvalue weighted by atomic mass is 79.9. The van der Waals surface area contributed by atoms with Crippen LogP contribution in [0.25, 0.3) is 10.9 Å². The molecule has 0 aliphatic rings. The summed E-state index contributed by atoms with van der Waals surface area (Å²) in [6.45, 7) is 0.321. The maximum absolute atomic E-state index is 6.23. The molecular weight excluding hydrogens is 445 g/mol. The van der Waals surface area contributed by atoms with Crippen LogP contribution in [0, 0.1) is 0 Å². The maximum Gasteiger partial charge on any atom is 0.160 e. The fourth-order valence-electron chi connectivity index (χ4n) is 2.22. The van der Waals surface area contributed by atoms with E-state index in [9.17, 15) is 0 Å². The Hall–Kier alpha value is -1.30. The van der Waals surface area contributed by atoms with Gasteiger partial charge in [-0.25, -0.2) is 0 Å². The number of aromatic nitrogens is 1. The van der Waals surface area contributed by atoms with Crippen molar-refractivity contribution in [1.29, 1.82) is 0 Å². The molecule has 3 nitrogen and oxygen atoms in total. The number of rotatable bonds is 4. The molecule has 23 heavy (non-hydrogen) atoms. The predicted octanol–water partition coefficient (Wildman–Crippen LogP) is 6.00. The molecule has 3 aromatic rings. The van der Waals surface area contributed by atoms with Gasteiger partial charge in [0.25, 0.3) is 0 Å². The molecule has 0 radical (unpaired) electrons. The van der Waals surface area contributed by atoms with Gasteiger partial charge in [-0.05, 0) is 46.3 Å². The summed E-state index contributed by atoms with van der Waals surface area (Å²) in [5, 5.41) is 1.62. The molecule has 1 heterocycles. The number of hydrogen-bond acceptors (Lipinski definition) is 3. The van der Waals surface area contributed by atoms with Crippen molar-refractivity contribution in [2.45, 2.75) is 6.61 Å². The van der Waals surface area contributed by atoms with Gasteiger partial charge in [0, 0.05) is 26.6 Å². The third-order valence-corrected chi connectivity index (χ3v) is 4.99. The molecule has 0 aliphatic carbocycles. The van der Waals surface area contributed by atoms with Gasteiger partial charge in [0.2, 0.25) is 0 Å². The van der Waals surface area contributed by atoms with E-state index in [1.54, 1.807) is 19.4 Å². The van der Waals surface area contributed by atoms with Crippen LogP contribution in [0.15, 0.2) is 51.5 Å². The van der Waals surface area contributed by atoms with Crippen LogP contribution in [0.1, 0.15) is 5.56 Å². The van der Waals surface area contributed by atoms with Gasteiger partial charge in [-0.2, -0.15) is 0 Å². The lowest BCUT2D eigenvalue weighted by Crippen LogP contribution is -1.99. The van der Waals surface area contributed by atoms with E-state index < -0.39 is 0 Å². The van der Waals surface area contributed by atoms with E-state index in [0.717, 1.165) is 31.2 Å². The first-order valence-corrected chi connectivity index (χ1v) is 8.74. The summed E-state index contributed by atoms with van der Waals surface area (Å²) < 4.78 is 13.0. The molecule has 1 aromatic heterocycles. The highest BCUT2D eigenvalue weighted by Crippen LogP contribution is 2.38. The molecule has 118 valence electrons. The summed E-state index contributed by atoms with van der Waals surface area (Å²) in [5.41, 5.74) is 1.64. The topological polar surface area (TPSA) is 31.4 Å². The fraction of sp³-hybridized carbons (Fsp3) is 0.118. The number of nitrogens with zero attached hydrogens (tertiary/aromatic N) is 1. The average molecular weight is 458 g/mol. The normalized spacial score (nSPS) is 10.8. The van der Waals surface area contributed by atoms with E-state index in [1.165, 1.54) is 0 Å². The van der Waals surface area contributed by atoms with Crippen molar-refractivity contribution in [2.24, 2.45) is 0 Å². The Kier molecular flexibility index (Phi) is 5.09. The first-order chi connectivity index (χ1) is 11.1. The van der Waals surface area contributed by atoms with Crippen molar-refractivity contribution in [2.75, 3.05) is 7.11 Å². The third kappa shape index (κ3) is 3.47. The van der Waals surface area contributed by atoms with E-state index >= 15 is 0 Å². The molecule has 2 aromatic carbocycles. The zero-order valence-corrected chi connectivity index (χ0v) is 16.1. The van der Waals surface area contributed by atoms with E-state index in [1.807, 2.05) is 30.3 Å². The molecule has 0 fully saturated rings. The Bertz CT molecular complexity index is 871. The van der Waals surface area contributed by atoms with Gasteiger partial charge in [0.1, 0.15) is 17.9 Å². The molecule has 0 bridgehead atoms. The molecule has 0 saturated carbocycles. The lowest BCUT2D eigenvalue weighted by molar-refractivity contribution is 0.306. The molecule has 0 atom stereocenters. The van der Waals surface area contributed by atoms with Gasteiger partial charge < -0.3 is 9.47 Å². The number of halogens is 3. The molecule has 0 N–H and O–H groups in total. The summed E-state index contributed by atoms with van der Waals surface area (Å²) in [6, 6.07) is 11.3. The molecule has 0 spiro atoms. The van der Waals surface area contributed by atoms with Crippen LogP contribution in [-0.2, 0) is 6.61 Å². The number of ether oxygens (including phenoxy) is 2. The lowest BCUT2D eigenvalue weighted by Gasteiger charge is -2.13. The van der Waals surface area contributed by atoms with Crippen molar-refractivity contribution >= 4 is 54.4 Å². The minimum atomic E-state index is 0.321. The second-order valence-corrected chi connectivity index (χ2v) is 6.93. The summed E-state index contributed by atoms with van der Waals surface area (Å²) in [5.74, 6) is 1.42. The number of pyridine rings is 1. The maximum atomic E-state index is 6.23. The van der Waals surface area contributed by atoms with Crippen LogP contribution in [0.3, 0.4) is 0 Å². The Balaban J connectivity index is 1.97. The monoisotopic (exact) mass is 455 g/mol. The number of methoxy groups -OCH3 is 1. The quantitative estimate of drug-likeness (QED) is 0.482. The van der Waals surface area contributed by atoms with E-state index in [2.05, 4.69) is 36.8 Å². The summed E-state index contributed by atoms with van der Waals surface area (Å²) >= 11 is 13.3. The third-order valence-electron chi connectivity index (χ3n) is 3.38. The Morgan fingerprint density at radius 3 is 2.74 bits per heavy atom. The number of benzene rings is 2. The predicted molar refractivity (Wildman–Crippen MR) is 99.5 cm³/mol. The molecule has 0 unspecified atom stereocenters. The van der Waals surface area contributed by atoms with Crippen LogP contribution < -0.4 is 9.47 Å². The Morgan fingerprint density at radius 2 is 1.96 bits per heavy atom. The minimum Gasteiger partial charge on any atom is -0.497 e. The SMILES string of the molecule is COc1ccc(Cl)c(COc2c(Br)cc(Br)c3cccnc23)c1. The standard InChI is InChI=1S/C17H12Br2ClNO2/c1-22-11-4-5-15(20)10(7-11)9-23-17-14(19)8-13(18)12-3-2-6-21-16(12)17/h2-8H,9H2,1H3. The van der Waals surface area contributed by atoms with Gasteiger partial charge in [-0.3, -0.25) is 4.98 Å².